The van der Waals surface area contributed by atoms with Gasteiger partial charge in [-0.15, -0.1) is 5.10 Å². The van der Waals surface area contributed by atoms with Gasteiger partial charge in [-0.25, -0.2) is 4.68 Å². The fourth-order valence-electron chi connectivity index (χ4n) is 3.68. The van der Waals surface area contributed by atoms with Gasteiger partial charge in [0.1, 0.15) is 11.9 Å². The van der Waals surface area contributed by atoms with Gasteiger partial charge in [0, 0.05) is 31.6 Å². The lowest BCUT2D eigenvalue weighted by Gasteiger charge is -2.32. The first-order chi connectivity index (χ1) is 16.7. The maximum atomic E-state index is 12.9. The van der Waals surface area contributed by atoms with Crippen molar-refractivity contribution < 1.29 is 27.5 Å². The number of nitrogens with one attached hydrogen (secondary N) is 1. The molecule has 0 aliphatic carbocycles. The molecule has 0 atom stereocenters. The number of amides is 2. The smallest absolute Gasteiger partial charge is 0.416 e. The van der Waals surface area contributed by atoms with Gasteiger partial charge in [-0.3, -0.25) is 9.59 Å². The first-order valence-corrected chi connectivity index (χ1v) is 10.9. The summed E-state index contributed by atoms with van der Waals surface area (Å²) in [6.45, 7) is 0.511. The van der Waals surface area contributed by atoms with Gasteiger partial charge in [0.15, 0.2) is 5.69 Å². The number of likely N-dealkylation sites (tertiary alicyclic amines) is 1. The van der Waals surface area contributed by atoms with Crippen molar-refractivity contribution >= 4 is 17.5 Å². The average molecular weight is 488 g/mol. The van der Waals surface area contributed by atoms with Crippen LogP contribution >= 0.6 is 0 Å². The number of nitrogen functional groups attached to an aromatic ring is 1. The molecule has 0 unspecified atom stereocenters. The predicted octanol–water partition coefficient (Wildman–Crippen LogP) is 2.67. The predicted molar refractivity (Wildman–Crippen MR) is 120 cm³/mol. The van der Waals surface area contributed by atoms with Crippen LogP contribution in [0.5, 0.6) is 5.75 Å². The van der Waals surface area contributed by atoms with Gasteiger partial charge in [0.2, 0.25) is 5.91 Å². The van der Waals surface area contributed by atoms with Gasteiger partial charge < -0.3 is 20.7 Å². The van der Waals surface area contributed by atoms with Crippen molar-refractivity contribution in [3.63, 3.8) is 0 Å². The van der Waals surface area contributed by atoms with Crippen molar-refractivity contribution in [2.24, 2.45) is 0 Å². The minimum atomic E-state index is -4.44. The third-order valence-corrected chi connectivity index (χ3v) is 5.52. The Bertz CT molecular complexity index is 1200. The Morgan fingerprint density at radius 1 is 1.11 bits per heavy atom. The largest absolute Gasteiger partial charge is 0.490 e. The Labute approximate surface area is 198 Å². The van der Waals surface area contributed by atoms with Crippen LogP contribution in [0.15, 0.2) is 54.7 Å². The van der Waals surface area contributed by atoms with Crippen molar-refractivity contribution in [2.75, 3.05) is 25.4 Å². The number of benzene rings is 2. The van der Waals surface area contributed by atoms with Crippen molar-refractivity contribution in [1.82, 2.24) is 25.2 Å². The summed E-state index contributed by atoms with van der Waals surface area (Å²) in [4.78, 5) is 26.5. The number of hydrogen-bond donors (Lipinski definition) is 2. The maximum absolute atomic E-state index is 12.9. The van der Waals surface area contributed by atoms with Crippen LogP contribution in [0.2, 0.25) is 0 Å². The second-order valence-electron chi connectivity index (χ2n) is 8.05. The van der Waals surface area contributed by atoms with Gasteiger partial charge in [0.05, 0.1) is 24.0 Å². The summed E-state index contributed by atoms with van der Waals surface area (Å²) in [6.07, 6.45) is -2.39. The van der Waals surface area contributed by atoms with Crippen LogP contribution in [0.25, 0.3) is 5.69 Å². The topological polar surface area (TPSA) is 115 Å². The van der Waals surface area contributed by atoms with E-state index in [2.05, 4.69) is 15.6 Å². The van der Waals surface area contributed by atoms with Gasteiger partial charge >= 0.3 is 6.18 Å². The summed E-state index contributed by atoms with van der Waals surface area (Å²) in [6, 6.07) is 11.6. The van der Waals surface area contributed by atoms with Crippen LogP contribution in [0.3, 0.4) is 0 Å². The molecule has 0 radical (unpaired) electrons. The highest BCUT2D eigenvalue weighted by molar-refractivity contribution is 5.94. The van der Waals surface area contributed by atoms with Crippen LogP contribution in [-0.2, 0) is 11.0 Å². The van der Waals surface area contributed by atoms with Crippen LogP contribution in [0.4, 0.5) is 18.9 Å². The number of carbonyl (C=O) groups excluding carboxylic acids is 2. The van der Waals surface area contributed by atoms with E-state index >= 15 is 0 Å². The molecule has 3 aromatic rings. The number of alkyl halides is 3. The van der Waals surface area contributed by atoms with E-state index in [1.807, 2.05) is 0 Å². The van der Waals surface area contributed by atoms with Crippen LogP contribution in [-0.4, -0.2) is 57.4 Å². The van der Waals surface area contributed by atoms with Gasteiger partial charge in [0.25, 0.3) is 5.91 Å². The molecule has 1 saturated heterocycles. The highest BCUT2D eigenvalue weighted by Crippen LogP contribution is 2.32. The van der Waals surface area contributed by atoms with Gasteiger partial charge in [-0.05, 0) is 36.4 Å². The van der Waals surface area contributed by atoms with Crippen LogP contribution in [0, 0.1) is 0 Å². The number of nitrogens with zero attached hydrogens (tertiary/aromatic N) is 4. The quantitative estimate of drug-likeness (QED) is 0.516. The third-order valence-electron chi connectivity index (χ3n) is 5.52. The van der Waals surface area contributed by atoms with E-state index in [0.717, 1.165) is 12.1 Å². The monoisotopic (exact) mass is 488 g/mol. The zero-order valence-corrected chi connectivity index (χ0v) is 18.5. The fraction of sp³-hybridized carbons (Fsp3) is 0.304. The summed E-state index contributed by atoms with van der Waals surface area (Å²) in [7, 11) is 0. The Balaban J connectivity index is 1.24. The molecule has 1 fully saturated rings. The molecule has 2 heterocycles. The van der Waals surface area contributed by atoms with Gasteiger partial charge in [-0.2, -0.15) is 13.2 Å². The highest BCUT2D eigenvalue weighted by atomic mass is 19.4. The molecule has 12 heteroatoms. The molecule has 184 valence electrons. The molecule has 1 aliphatic rings. The Hall–Kier alpha value is -4.09. The number of halogens is 3. The highest BCUT2D eigenvalue weighted by Gasteiger charge is 2.31. The lowest BCUT2D eigenvalue weighted by atomic mass is 10.1. The van der Waals surface area contributed by atoms with E-state index < -0.39 is 17.6 Å². The second-order valence-corrected chi connectivity index (χ2v) is 8.05. The molecule has 2 aromatic carbocycles. The molecular weight excluding hydrogens is 465 g/mol. The number of carbonyl (C=O) groups is 2. The summed E-state index contributed by atoms with van der Waals surface area (Å²) < 4.78 is 45.7. The van der Waals surface area contributed by atoms with E-state index in [-0.39, 0.29) is 30.0 Å². The van der Waals surface area contributed by atoms with Crippen LogP contribution in [0.1, 0.15) is 28.9 Å². The number of hydrogen-bond acceptors (Lipinski definition) is 6. The summed E-state index contributed by atoms with van der Waals surface area (Å²) in [5, 5.41) is 10.3. The summed E-state index contributed by atoms with van der Waals surface area (Å²) >= 11 is 0. The van der Waals surface area contributed by atoms with Gasteiger partial charge in [-0.1, -0.05) is 17.3 Å². The molecule has 1 aromatic heterocycles. The third kappa shape index (κ3) is 6.08. The average Bonchev–Trinajstić information content (AvgIpc) is 3.33. The zero-order valence-electron chi connectivity index (χ0n) is 18.5. The zero-order chi connectivity index (χ0) is 25.0. The van der Waals surface area contributed by atoms with Crippen molar-refractivity contribution in [3.8, 4) is 11.4 Å². The number of rotatable bonds is 6. The molecule has 0 bridgehead atoms. The minimum Gasteiger partial charge on any atom is -0.490 e. The second kappa shape index (κ2) is 10.0. The first-order valence-electron chi connectivity index (χ1n) is 10.9. The van der Waals surface area contributed by atoms with E-state index in [9.17, 15) is 22.8 Å². The molecule has 1 aliphatic heterocycles. The van der Waals surface area contributed by atoms with Crippen molar-refractivity contribution in [3.05, 3.63) is 66.0 Å². The van der Waals surface area contributed by atoms with E-state index in [4.69, 9.17) is 10.5 Å². The Morgan fingerprint density at radius 3 is 2.57 bits per heavy atom. The number of ether oxygens (including phenoxy) is 1. The number of nitrogens with two attached hydrogens (primary N) is 1. The lowest BCUT2D eigenvalue weighted by Crippen LogP contribution is -2.46. The molecule has 0 spiro atoms. The molecule has 4 rings (SSSR count). The summed E-state index contributed by atoms with van der Waals surface area (Å²) in [5.41, 5.74) is 6.21. The Morgan fingerprint density at radius 2 is 1.86 bits per heavy atom. The minimum absolute atomic E-state index is 0.0495. The molecule has 0 saturated carbocycles. The SMILES string of the molecule is Nc1cccc(-n2cc(C(=O)NCC(=O)N3CCC(Oc4cccc(C(F)(F)F)c4)CC3)nn2)c1. The van der Waals surface area contributed by atoms with Crippen molar-refractivity contribution in [1.29, 1.82) is 0 Å². The van der Waals surface area contributed by atoms with E-state index in [1.54, 1.807) is 29.2 Å². The normalized spacial score (nSPS) is 14.5. The lowest BCUT2D eigenvalue weighted by molar-refractivity contribution is -0.138. The molecule has 35 heavy (non-hydrogen) atoms. The Kier molecular flexibility index (Phi) is 6.90. The molecule has 9 nitrogen and oxygen atoms in total. The standard InChI is InChI=1S/C23H23F3N6O3/c24-23(25,26)15-3-1-6-19(11-15)35-18-7-9-31(10-8-18)21(33)13-28-22(34)20-14-32(30-29-20)17-5-2-4-16(27)12-17/h1-6,11-12,14,18H,7-10,13,27H2,(H,28,34). The first kappa shape index (κ1) is 24.0. The van der Waals surface area contributed by atoms with Crippen molar-refractivity contribution in [2.45, 2.75) is 25.1 Å². The number of piperidine rings is 1. The molecule has 3 N–H and O–H groups in total. The van der Waals surface area contributed by atoms with E-state index in [1.165, 1.54) is 23.0 Å². The maximum Gasteiger partial charge on any atom is 0.416 e. The van der Waals surface area contributed by atoms with Crippen LogP contribution < -0.4 is 15.8 Å². The number of aromatic nitrogens is 3. The molecular formula is C23H23F3N6O3. The summed E-state index contributed by atoms with van der Waals surface area (Å²) in [5.74, 6) is -0.682. The van der Waals surface area contributed by atoms with E-state index in [0.29, 0.717) is 37.3 Å². The fourth-order valence-corrected chi connectivity index (χ4v) is 3.68. The number of anilines is 1. The molecule has 2 amide bonds.